The molecular weight excluding hydrogens is 284 g/mol. The highest BCUT2D eigenvalue weighted by molar-refractivity contribution is 7.89. The Balaban J connectivity index is 2.14. The molecule has 0 bridgehead atoms. The van der Waals surface area contributed by atoms with Gasteiger partial charge in [0.25, 0.3) is 0 Å². The molecule has 0 aliphatic heterocycles. The summed E-state index contributed by atoms with van der Waals surface area (Å²) in [4.78, 5) is 0.391. The molecule has 4 nitrogen and oxygen atoms in total. The van der Waals surface area contributed by atoms with Gasteiger partial charge in [-0.25, -0.2) is 13.1 Å². The van der Waals surface area contributed by atoms with Gasteiger partial charge < -0.3 is 5.32 Å². The normalized spacial score (nSPS) is 18.6. The van der Waals surface area contributed by atoms with E-state index in [0.29, 0.717) is 17.4 Å². The third-order valence-electron chi connectivity index (χ3n) is 4.33. The van der Waals surface area contributed by atoms with Crippen molar-refractivity contribution in [2.45, 2.75) is 56.5 Å². The van der Waals surface area contributed by atoms with Crippen LogP contribution < -0.4 is 10.0 Å². The van der Waals surface area contributed by atoms with Crippen LogP contribution in [0, 0.1) is 5.92 Å². The van der Waals surface area contributed by atoms with E-state index in [2.05, 4.69) is 10.0 Å². The van der Waals surface area contributed by atoms with Crippen LogP contribution in [0.25, 0.3) is 0 Å². The lowest BCUT2D eigenvalue weighted by Gasteiger charge is -2.28. The highest BCUT2D eigenvalue weighted by Crippen LogP contribution is 2.27. The van der Waals surface area contributed by atoms with Crippen molar-refractivity contribution < 1.29 is 8.42 Å². The van der Waals surface area contributed by atoms with Gasteiger partial charge in [-0.15, -0.1) is 0 Å². The molecule has 0 saturated heterocycles. The summed E-state index contributed by atoms with van der Waals surface area (Å²) in [6.45, 7) is 2.54. The maximum Gasteiger partial charge on any atom is 0.241 e. The Hall–Kier alpha value is -0.910. The van der Waals surface area contributed by atoms with Crippen LogP contribution in [0.1, 0.15) is 44.6 Å². The largest absolute Gasteiger partial charge is 0.316 e. The van der Waals surface area contributed by atoms with Crippen LogP contribution >= 0.6 is 0 Å². The standard InChI is InChI=1S/C16H26N2O2S/c1-13(14-8-4-3-5-9-14)18-21(19,20)16-11-7-6-10-15(16)12-17-2/h6-7,10-11,13-14,17-18H,3-5,8-9,12H2,1-2H3. The summed E-state index contributed by atoms with van der Waals surface area (Å²) >= 11 is 0. The van der Waals surface area contributed by atoms with E-state index in [4.69, 9.17) is 0 Å². The second-order valence-electron chi connectivity index (χ2n) is 5.95. The molecule has 0 amide bonds. The zero-order valence-electron chi connectivity index (χ0n) is 12.9. The summed E-state index contributed by atoms with van der Waals surface area (Å²) in [7, 11) is -1.63. The molecule has 21 heavy (non-hydrogen) atoms. The molecule has 1 unspecified atom stereocenters. The molecule has 1 aliphatic carbocycles. The number of hydrogen-bond donors (Lipinski definition) is 2. The van der Waals surface area contributed by atoms with E-state index in [1.807, 2.05) is 26.1 Å². The maximum absolute atomic E-state index is 12.6. The number of benzene rings is 1. The van der Waals surface area contributed by atoms with E-state index < -0.39 is 10.0 Å². The predicted octanol–water partition coefficient (Wildman–Crippen LogP) is 2.65. The Morgan fingerprint density at radius 2 is 1.86 bits per heavy atom. The fraction of sp³-hybridized carbons (Fsp3) is 0.625. The minimum Gasteiger partial charge on any atom is -0.316 e. The second-order valence-corrected chi connectivity index (χ2v) is 7.63. The second kappa shape index (κ2) is 7.38. The van der Waals surface area contributed by atoms with Gasteiger partial charge in [0, 0.05) is 12.6 Å². The van der Waals surface area contributed by atoms with Crippen LogP contribution in [-0.2, 0) is 16.6 Å². The summed E-state index contributed by atoms with van der Waals surface area (Å²) < 4.78 is 28.2. The highest BCUT2D eigenvalue weighted by Gasteiger charge is 2.26. The summed E-state index contributed by atoms with van der Waals surface area (Å²) in [5.74, 6) is 0.463. The third-order valence-corrected chi connectivity index (χ3v) is 5.99. The fourth-order valence-corrected chi connectivity index (χ4v) is 4.69. The molecule has 1 fully saturated rings. The lowest BCUT2D eigenvalue weighted by molar-refractivity contribution is 0.303. The molecule has 0 aromatic heterocycles. The Kier molecular flexibility index (Phi) is 5.79. The van der Waals surface area contributed by atoms with E-state index >= 15 is 0 Å². The van der Waals surface area contributed by atoms with Gasteiger partial charge in [-0.1, -0.05) is 37.5 Å². The van der Waals surface area contributed by atoms with Gasteiger partial charge in [-0.2, -0.15) is 0 Å². The summed E-state index contributed by atoms with van der Waals surface area (Å²) in [6.07, 6.45) is 5.96. The van der Waals surface area contributed by atoms with Crippen molar-refractivity contribution in [1.82, 2.24) is 10.0 Å². The minimum atomic E-state index is -3.45. The van der Waals surface area contributed by atoms with Gasteiger partial charge >= 0.3 is 0 Å². The van der Waals surface area contributed by atoms with Crippen LogP contribution in [-0.4, -0.2) is 21.5 Å². The van der Waals surface area contributed by atoms with E-state index in [9.17, 15) is 8.42 Å². The molecule has 1 atom stereocenters. The molecule has 1 aromatic rings. The molecule has 2 rings (SSSR count). The van der Waals surface area contributed by atoms with E-state index in [1.54, 1.807) is 12.1 Å². The van der Waals surface area contributed by atoms with Crippen LogP contribution in [0.15, 0.2) is 29.2 Å². The summed E-state index contributed by atoms with van der Waals surface area (Å²) in [5.41, 5.74) is 0.809. The number of rotatable bonds is 6. The van der Waals surface area contributed by atoms with Crippen molar-refractivity contribution in [3.05, 3.63) is 29.8 Å². The first-order chi connectivity index (χ1) is 10.0. The van der Waals surface area contributed by atoms with Crippen LogP contribution in [0.4, 0.5) is 0 Å². The summed E-state index contributed by atoms with van der Waals surface area (Å²) in [5, 5.41) is 3.02. The number of hydrogen-bond acceptors (Lipinski definition) is 3. The number of sulfonamides is 1. The van der Waals surface area contributed by atoms with Crippen LogP contribution in [0.5, 0.6) is 0 Å². The van der Waals surface area contributed by atoms with E-state index in [-0.39, 0.29) is 6.04 Å². The Labute approximate surface area is 128 Å². The Morgan fingerprint density at radius 1 is 1.19 bits per heavy atom. The molecule has 0 radical (unpaired) electrons. The molecule has 5 heteroatoms. The molecule has 1 aromatic carbocycles. The zero-order valence-corrected chi connectivity index (χ0v) is 13.7. The fourth-order valence-electron chi connectivity index (χ4n) is 3.14. The van der Waals surface area contributed by atoms with Gasteiger partial charge in [0.1, 0.15) is 0 Å². The van der Waals surface area contributed by atoms with Crippen molar-refractivity contribution in [3.63, 3.8) is 0 Å². The molecule has 2 N–H and O–H groups in total. The highest BCUT2D eigenvalue weighted by atomic mass is 32.2. The van der Waals surface area contributed by atoms with Crippen molar-refractivity contribution in [2.75, 3.05) is 7.05 Å². The Morgan fingerprint density at radius 3 is 2.52 bits per heavy atom. The first-order valence-corrected chi connectivity index (χ1v) is 9.28. The number of nitrogens with one attached hydrogen (secondary N) is 2. The third kappa shape index (κ3) is 4.28. The molecule has 0 heterocycles. The molecule has 118 valence electrons. The monoisotopic (exact) mass is 310 g/mol. The lowest BCUT2D eigenvalue weighted by Crippen LogP contribution is -2.39. The zero-order chi connectivity index (χ0) is 15.3. The smallest absolute Gasteiger partial charge is 0.241 e. The quantitative estimate of drug-likeness (QED) is 0.849. The lowest BCUT2D eigenvalue weighted by atomic mass is 9.85. The average Bonchev–Trinajstić information content (AvgIpc) is 2.48. The summed E-state index contributed by atoms with van der Waals surface area (Å²) in [6, 6.07) is 7.19. The van der Waals surface area contributed by atoms with Crippen molar-refractivity contribution in [1.29, 1.82) is 0 Å². The van der Waals surface area contributed by atoms with Crippen molar-refractivity contribution >= 4 is 10.0 Å². The van der Waals surface area contributed by atoms with Crippen LogP contribution in [0.3, 0.4) is 0 Å². The molecule has 1 aliphatic rings. The minimum absolute atomic E-state index is 0.00191. The molecule has 0 spiro atoms. The van der Waals surface area contributed by atoms with Gasteiger partial charge in [0.2, 0.25) is 10.0 Å². The maximum atomic E-state index is 12.6. The average molecular weight is 310 g/mol. The first kappa shape index (κ1) is 16.5. The van der Waals surface area contributed by atoms with Gasteiger partial charge in [0.15, 0.2) is 0 Å². The van der Waals surface area contributed by atoms with E-state index in [0.717, 1.165) is 18.4 Å². The topological polar surface area (TPSA) is 58.2 Å². The van der Waals surface area contributed by atoms with Gasteiger partial charge in [0.05, 0.1) is 4.90 Å². The van der Waals surface area contributed by atoms with Crippen molar-refractivity contribution in [3.8, 4) is 0 Å². The molecular formula is C16H26N2O2S. The molecule has 1 saturated carbocycles. The van der Waals surface area contributed by atoms with Gasteiger partial charge in [-0.05, 0) is 44.4 Å². The van der Waals surface area contributed by atoms with Crippen molar-refractivity contribution in [2.24, 2.45) is 5.92 Å². The van der Waals surface area contributed by atoms with Gasteiger partial charge in [-0.3, -0.25) is 0 Å². The first-order valence-electron chi connectivity index (χ1n) is 7.79. The van der Waals surface area contributed by atoms with E-state index in [1.165, 1.54) is 19.3 Å². The SMILES string of the molecule is CNCc1ccccc1S(=O)(=O)NC(C)C1CCCCC1. The Bertz CT molecular complexity index is 551. The van der Waals surface area contributed by atoms with Crippen LogP contribution in [0.2, 0.25) is 0 Å². The predicted molar refractivity (Wildman–Crippen MR) is 85.6 cm³/mol.